The Morgan fingerprint density at radius 1 is 1.03 bits per heavy atom. The molecule has 0 fully saturated rings. The van der Waals surface area contributed by atoms with Crippen LogP contribution in [0.1, 0.15) is 44.2 Å². The van der Waals surface area contributed by atoms with Gasteiger partial charge in [-0.15, -0.1) is 0 Å². The number of aryl methyl sites for hydroxylation is 1. The molecular weight excluding hydrogens is 438 g/mol. The average molecular weight is 474 g/mol. The molecule has 33 heavy (non-hydrogen) atoms. The summed E-state index contributed by atoms with van der Waals surface area (Å²) in [7, 11) is -2.09. The number of rotatable bonds is 12. The number of hydrogen-bond donors (Lipinski definition) is 1. The number of nitrogens with zero attached hydrogens (tertiary/aromatic N) is 2. The third-order valence-corrected chi connectivity index (χ3v) is 7.38. The largest absolute Gasteiger partial charge is 0.354 e. The molecular formula is C25H35N3O4S. The lowest BCUT2D eigenvalue weighted by molar-refractivity contribution is -0.140. The summed E-state index contributed by atoms with van der Waals surface area (Å²) in [5.74, 6) is -0.374. The second-order valence-electron chi connectivity index (χ2n) is 8.22. The SMILES string of the molecule is CCCNC(=O)C(C)N(Cc1ccc(C)cc1)C(=O)CCCN(C)S(=O)(=O)c1ccccc1. The average Bonchev–Trinajstić information content (AvgIpc) is 2.82. The zero-order valence-corrected chi connectivity index (χ0v) is 20.8. The summed E-state index contributed by atoms with van der Waals surface area (Å²) >= 11 is 0. The molecule has 0 bridgehead atoms. The number of hydrogen-bond acceptors (Lipinski definition) is 4. The normalized spacial score (nSPS) is 12.4. The van der Waals surface area contributed by atoms with Gasteiger partial charge in [0.25, 0.3) is 0 Å². The van der Waals surface area contributed by atoms with Crippen LogP contribution >= 0.6 is 0 Å². The lowest BCUT2D eigenvalue weighted by Gasteiger charge is -2.29. The van der Waals surface area contributed by atoms with Crippen LogP contribution in [0.4, 0.5) is 0 Å². The molecule has 2 aromatic carbocycles. The van der Waals surface area contributed by atoms with Gasteiger partial charge in [0, 0.05) is 33.1 Å². The van der Waals surface area contributed by atoms with Crippen molar-refractivity contribution in [3.05, 3.63) is 65.7 Å². The first-order valence-corrected chi connectivity index (χ1v) is 12.7. The van der Waals surface area contributed by atoms with Crippen LogP contribution in [0.3, 0.4) is 0 Å². The van der Waals surface area contributed by atoms with E-state index in [9.17, 15) is 18.0 Å². The van der Waals surface area contributed by atoms with Crippen LogP contribution in [0.15, 0.2) is 59.5 Å². The minimum atomic E-state index is -3.61. The fourth-order valence-corrected chi connectivity index (χ4v) is 4.59. The summed E-state index contributed by atoms with van der Waals surface area (Å²) in [5.41, 5.74) is 2.06. The zero-order chi connectivity index (χ0) is 24.4. The molecule has 0 aliphatic carbocycles. The molecule has 1 atom stereocenters. The highest BCUT2D eigenvalue weighted by molar-refractivity contribution is 7.89. The molecule has 0 heterocycles. The quantitative estimate of drug-likeness (QED) is 0.512. The Kier molecular flexibility index (Phi) is 10.1. The van der Waals surface area contributed by atoms with Crippen LogP contribution in [-0.4, -0.2) is 55.6 Å². The molecule has 0 spiro atoms. The van der Waals surface area contributed by atoms with E-state index in [1.807, 2.05) is 38.1 Å². The number of carbonyl (C=O) groups is 2. The standard InChI is InChI=1S/C25H35N3O4S/c1-5-17-26-25(30)21(3)28(19-22-15-13-20(2)14-16-22)24(29)12-9-18-27(4)33(31,32)23-10-7-6-8-11-23/h6-8,10-11,13-16,21H,5,9,12,17-19H2,1-4H3,(H,26,30). The first-order valence-electron chi connectivity index (χ1n) is 11.3. The number of carbonyl (C=O) groups excluding carboxylic acids is 2. The van der Waals surface area contributed by atoms with Crippen LogP contribution in [0, 0.1) is 6.92 Å². The van der Waals surface area contributed by atoms with Crippen LogP contribution < -0.4 is 5.32 Å². The van der Waals surface area contributed by atoms with Crippen LogP contribution in [-0.2, 0) is 26.2 Å². The molecule has 0 aromatic heterocycles. The lowest BCUT2D eigenvalue weighted by Crippen LogP contribution is -2.47. The van der Waals surface area contributed by atoms with Gasteiger partial charge in [-0.25, -0.2) is 12.7 Å². The third kappa shape index (κ3) is 7.68. The fraction of sp³-hybridized carbons (Fsp3) is 0.440. The molecule has 8 heteroatoms. The molecule has 0 aliphatic rings. The summed E-state index contributed by atoms with van der Waals surface area (Å²) < 4.78 is 26.6. The molecule has 2 aromatic rings. The molecule has 7 nitrogen and oxygen atoms in total. The molecule has 1 N–H and O–H groups in total. The fourth-order valence-electron chi connectivity index (χ4n) is 3.36. The van der Waals surface area contributed by atoms with Crippen LogP contribution in [0.2, 0.25) is 0 Å². The zero-order valence-electron chi connectivity index (χ0n) is 20.0. The van der Waals surface area contributed by atoms with E-state index in [0.29, 0.717) is 19.5 Å². The van der Waals surface area contributed by atoms with E-state index >= 15 is 0 Å². The van der Waals surface area contributed by atoms with E-state index < -0.39 is 16.1 Å². The van der Waals surface area contributed by atoms with E-state index in [0.717, 1.165) is 17.5 Å². The summed E-state index contributed by atoms with van der Waals surface area (Å²) in [6.45, 7) is 6.77. The Morgan fingerprint density at radius 3 is 2.27 bits per heavy atom. The topological polar surface area (TPSA) is 86.8 Å². The van der Waals surface area contributed by atoms with Crippen LogP contribution in [0.5, 0.6) is 0 Å². The molecule has 0 saturated heterocycles. The summed E-state index contributed by atoms with van der Waals surface area (Å²) in [6.07, 6.45) is 1.31. The van der Waals surface area contributed by atoms with Gasteiger partial charge in [-0.05, 0) is 44.4 Å². The number of amides is 2. The van der Waals surface area contributed by atoms with Gasteiger partial charge in [0.1, 0.15) is 6.04 Å². The Hall–Kier alpha value is -2.71. The van der Waals surface area contributed by atoms with Gasteiger partial charge in [-0.1, -0.05) is 55.0 Å². The third-order valence-electron chi connectivity index (χ3n) is 5.51. The molecule has 2 amide bonds. The number of nitrogens with one attached hydrogen (secondary N) is 1. The summed E-state index contributed by atoms with van der Waals surface area (Å²) in [4.78, 5) is 27.5. The first kappa shape index (κ1) is 26.5. The maximum absolute atomic E-state index is 13.1. The van der Waals surface area contributed by atoms with Crippen molar-refractivity contribution in [1.29, 1.82) is 0 Å². The van der Waals surface area contributed by atoms with Gasteiger partial charge in [0.2, 0.25) is 21.8 Å². The van der Waals surface area contributed by atoms with Gasteiger partial charge < -0.3 is 10.2 Å². The highest BCUT2D eigenvalue weighted by Crippen LogP contribution is 2.16. The Bertz CT molecular complexity index is 1010. The smallest absolute Gasteiger partial charge is 0.242 e. The Labute approximate surface area is 197 Å². The van der Waals surface area contributed by atoms with Gasteiger partial charge in [0.05, 0.1) is 4.90 Å². The van der Waals surface area contributed by atoms with E-state index in [-0.39, 0.29) is 29.7 Å². The maximum atomic E-state index is 13.1. The second kappa shape index (κ2) is 12.5. The first-order chi connectivity index (χ1) is 15.7. The van der Waals surface area contributed by atoms with Gasteiger partial charge in [0.15, 0.2) is 0 Å². The minimum absolute atomic E-state index is 0.145. The van der Waals surface area contributed by atoms with E-state index in [1.54, 1.807) is 42.2 Å². The highest BCUT2D eigenvalue weighted by atomic mass is 32.2. The van der Waals surface area contributed by atoms with Crippen molar-refractivity contribution in [2.45, 2.75) is 57.5 Å². The lowest BCUT2D eigenvalue weighted by atomic mass is 10.1. The molecule has 0 radical (unpaired) electrons. The predicted octanol–water partition coefficient (Wildman–Crippen LogP) is 3.34. The number of benzene rings is 2. The highest BCUT2D eigenvalue weighted by Gasteiger charge is 2.26. The maximum Gasteiger partial charge on any atom is 0.242 e. The van der Waals surface area contributed by atoms with Gasteiger partial charge in [-0.3, -0.25) is 9.59 Å². The monoisotopic (exact) mass is 473 g/mol. The van der Waals surface area contributed by atoms with Crippen molar-refractivity contribution in [2.24, 2.45) is 0 Å². The van der Waals surface area contributed by atoms with E-state index in [2.05, 4.69) is 5.32 Å². The summed E-state index contributed by atoms with van der Waals surface area (Å²) in [6, 6.07) is 15.4. The molecule has 2 rings (SSSR count). The summed E-state index contributed by atoms with van der Waals surface area (Å²) in [5, 5.41) is 2.85. The molecule has 0 aliphatic heterocycles. The second-order valence-corrected chi connectivity index (χ2v) is 10.3. The van der Waals surface area contributed by atoms with Gasteiger partial charge in [-0.2, -0.15) is 0 Å². The van der Waals surface area contributed by atoms with Crippen molar-refractivity contribution >= 4 is 21.8 Å². The van der Waals surface area contributed by atoms with Crippen molar-refractivity contribution < 1.29 is 18.0 Å². The van der Waals surface area contributed by atoms with Gasteiger partial charge >= 0.3 is 0 Å². The van der Waals surface area contributed by atoms with Crippen molar-refractivity contribution in [2.75, 3.05) is 20.1 Å². The molecule has 180 valence electrons. The minimum Gasteiger partial charge on any atom is -0.354 e. The van der Waals surface area contributed by atoms with Crippen molar-refractivity contribution in [3.63, 3.8) is 0 Å². The van der Waals surface area contributed by atoms with Crippen LogP contribution in [0.25, 0.3) is 0 Å². The van der Waals surface area contributed by atoms with Crippen molar-refractivity contribution in [1.82, 2.24) is 14.5 Å². The Balaban J connectivity index is 2.05. The number of sulfonamides is 1. The Morgan fingerprint density at radius 2 is 1.67 bits per heavy atom. The van der Waals surface area contributed by atoms with E-state index in [4.69, 9.17) is 0 Å². The van der Waals surface area contributed by atoms with E-state index in [1.165, 1.54) is 11.4 Å². The van der Waals surface area contributed by atoms with Crippen molar-refractivity contribution in [3.8, 4) is 0 Å². The molecule has 1 unspecified atom stereocenters. The molecule has 0 saturated carbocycles. The predicted molar refractivity (Wildman–Crippen MR) is 130 cm³/mol.